The Bertz CT molecular complexity index is 1020. The third-order valence-corrected chi connectivity index (χ3v) is 5.07. The number of carbonyl (C=O) groups is 2. The standard InChI is InChI=1S/C25H26FN3O2/c26-22-9-5-4-8-20(22)15-21(27)16-24(30)29-23(25(28)31)14-17-10-12-19(13-11-17)18-6-2-1-3-7-18/h1-13,21,23H,14-16,27H2,(H2,28,31)(H,29,30)/t21?,23-/m1/s1. The molecule has 0 heterocycles. The summed E-state index contributed by atoms with van der Waals surface area (Å²) < 4.78 is 13.8. The van der Waals surface area contributed by atoms with Gasteiger partial charge in [-0.3, -0.25) is 9.59 Å². The molecule has 0 saturated carbocycles. The summed E-state index contributed by atoms with van der Waals surface area (Å²) in [5, 5.41) is 2.66. The molecule has 1 unspecified atom stereocenters. The highest BCUT2D eigenvalue weighted by molar-refractivity contribution is 5.87. The second kappa shape index (κ2) is 10.5. The Balaban J connectivity index is 1.57. The highest BCUT2D eigenvalue weighted by atomic mass is 19.1. The minimum atomic E-state index is -0.851. The molecule has 160 valence electrons. The molecule has 2 atom stereocenters. The van der Waals surface area contributed by atoms with Crippen LogP contribution in [0.1, 0.15) is 17.5 Å². The first-order valence-corrected chi connectivity index (χ1v) is 10.1. The van der Waals surface area contributed by atoms with Gasteiger partial charge in [0.2, 0.25) is 11.8 Å². The molecule has 0 fully saturated rings. The van der Waals surface area contributed by atoms with Crippen LogP contribution in [0, 0.1) is 5.82 Å². The fourth-order valence-electron chi connectivity index (χ4n) is 3.43. The molecule has 0 aliphatic heterocycles. The van der Waals surface area contributed by atoms with Crippen molar-refractivity contribution in [2.24, 2.45) is 11.5 Å². The van der Waals surface area contributed by atoms with Crippen molar-refractivity contribution in [3.63, 3.8) is 0 Å². The van der Waals surface area contributed by atoms with E-state index in [1.165, 1.54) is 6.07 Å². The summed E-state index contributed by atoms with van der Waals surface area (Å²) in [6, 6.07) is 22.6. The maximum absolute atomic E-state index is 13.8. The molecule has 5 N–H and O–H groups in total. The van der Waals surface area contributed by atoms with E-state index in [1.807, 2.05) is 54.6 Å². The molecule has 2 amide bonds. The van der Waals surface area contributed by atoms with E-state index in [0.29, 0.717) is 5.56 Å². The molecule has 0 aromatic heterocycles. The van der Waals surface area contributed by atoms with E-state index in [2.05, 4.69) is 5.32 Å². The van der Waals surface area contributed by atoms with Crippen LogP contribution >= 0.6 is 0 Å². The lowest BCUT2D eigenvalue weighted by Gasteiger charge is -2.18. The molecule has 0 bridgehead atoms. The van der Waals surface area contributed by atoms with E-state index in [4.69, 9.17) is 11.5 Å². The number of benzene rings is 3. The number of nitrogens with two attached hydrogens (primary N) is 2. The van der Waals surface area contributed by atoms with Gasteiger partial charge in [0.1, 0.15) is 11.9 Å². The molecule has 0 spiro atoms. The molecular weight excluding hydrogens is 393 g/mol. The number of carbonyl (C=O) groups excluding carboxylic acids is 2. The number of nitrogens with one attached hydrogen (secondary N) is 1. The van der Waals surface area contributed by atoms with Crippen molar-refractivity contribution in [3.8, 4) is 11.1 Å². The number of halogens is 1. The van der Waals surface area contributed by atoms with Gasteiger partial charge < -0.3 is 16.8 Å². The van der Waals surface area contributed by atoms with E-state index < -0.39 is 23.9 Å². The second-order valence-corrected chi connectivity index (χ2v) is 7.55. The van der Waals surface area contributed by atoms with Gasteiger partial charge >= 0.3 is 0 Å². The first-order chi connectivity index (χ1) is 14.9. The Kier molecular flexibility index (Phi) is 7.51. The molecule has 31 heavy (non-hydrogen) atoms. The quantitative estimate of drug-likeness (QED) is 0.497. The van der Waals surface area contributed by atoms with Crippen molar-refractivity contribution < 1.29 is 14.0 Å². The molecule has 5 nitrogen and oxygen atoms in total. The molecule has 6 heteroatoms. The molecule has 3 rings (SSSR count). The smallest absolute Gasteiger partial charge is 0.240 e. The van der Waals surface area contributed by atoms with Crippen molar-refractivity contribution in [2.45, 2.75) is 31.3 Å². The molecule has 3 aromatic rings. The zero-order valence-electron chi connectivity index (χ0n) is 17.1. The van der Waals surface area contributed by atoms with Crippen LogP contribution in [0.4, 0.5) is 4.39 Å². The highest BCUT2D eigenvalue weighted by Gasteiger charge is 2.20. The Morgan fingerprint density at radius 2 is 1.45 bits per heavy atom. The zero-order chi connectivity index (χ0) is 22.2. The zero-order valence-corrected chi connectivity index (χ0v) is 17.1. The summed E-state index contributed by atoms with van der Waals surface area (Å²) in [5.41, 5.74) is 15.0. The summed E-state index contributed by atoms with van der Waals surface area (Å²) in [5.74, 6) is -1.37. The maximum atomic E-state index is 13.8. The van der Waals surface area contributed by atoms with Gasteiger partial charge in [0.25, 0.3) is 0 Å². The van der Waals surface area contributed by atoms with Crippen molar-refractivity contribution in [3.05, 3.63) is 95.8 Å². The largest absolute Gasteiger partial charge is 0.368 e. The molecule has 3 aromatic carbocycles. The van der Waals surface area contributed by atoms with Crippen molar-refractivity contribution >= 4 is 11.8 Å². The van der Waals surface area contributed by atoms with Gasteiger partial charge in [-0.25, -0.2) is 4.39 Å². The van der Waals surface area contributed by atoms with Gasteiger partial charge in [-0.05, 0) is 34.7 Å². The molecule has 0 aliphatic rings. The number of rotatable bonds is 9. The fourth-order valence-corrected chi connectivity index (χ4v) is 3.43. The maximum Gasteiger partial charge on any atom is 0.240 e. The Hall–Kier alpha value is -3.51. The van der Waals surface area contributed by atoms with Gasteiger partial charge in [0.15, 0.2) is 0 Å². The van der Waals surface area contributed by atoms with Crippen molar-refractivity contribution in [1.82, 2.24) is 5.32 Å². The van der Waals surface area contributed by atoms with Crippen LogP contribution < -0.4 is 16.8 Å². The highest BCUT2D eigenvalue weighted by Crippen LogP contribution is 2.19. The first-order valence-electron chi connectivity index (χ1n) is 10.1. The van der Waals surface area contributed by atoms with Crippen LogP contribution in [0.25, 0.3) is 11.1 Å². The summed E-state index contributed by atoms with van der Waals surface area (Å²) in [6.45, 7) is 0. The predicted molar refractivity (Wildman–Crippen MR) is 119 cm³/mol. The average molecular weight is 420 g/mol. The lowest BCUT2D eigenvalue weighted by atomic mass is 10.00. The minimum Gasteiger partial charge on any atom is -0.368 e. The second-order valence-electron chi connectivity index (χ2n) is 7.55. The molecule has 0 saturated heterocycles. The van der Waals surface area contributed by atoms with Crippen LogP contribution in [0.2, 0.25) is 0 Å². The summed E-state index contributed by atoms with van der Waals surface area (Å²) in [6.07, 6.45) is 0.464. The number of primary amides is 1. The molecular formula is C25H26FN3O2. The van der Waals surface area contributed by atoms with E-state index >= 15 is 0 Å². The Morgan fingerprint density at radius 1 is 0.839 bits per heavy atom. The van der Waals surface area contributed by atoms with Crippen molar-refractivity contribution in [1.29, 1.82) is 0 Å². The number of amides is 2. The third kappa shape index (κ3) is 6.49. The summed E-state index contributed by atoms with van der Waals surface area (Å²) in [4.78, 5) is 24.3. The molecule has 0 radical (unpaired) electrons. The third-order valence-electron chi connectivity index (χ3n) is 5.07. The van der Waals surface area contributed by atoms with Crippen LogP contribution in [0.3, 0.4) is 0 Å². The van der Waals surface area contributed by atoms with E-state index in [-0.39, 0.29) is 25.1 Å². The van der Waals surface area contributed by atoms with Crippen LogP contribution in [-0.2, 0) is 22.4 Å². The first kappa shape index (κ1) is 22.2. The van der Waals surface area contributed by atoms with Crippen LogP contribution in [-0.4, -0.2) is 23.9 Å². The van der Waals surface area contributed by atoms with Crippen LogP contribution in [0.5, 0.6) is 0 Å². The summed E-state index contributed by atoms with van der Waals surface area (Å²) in [7, 11) is 0. The number of hydrogen-bond donors (Lipinski definition) is 3. The van der Waals surface area contributed by atoms with E-state index in [1.54, 1.807) is 18.2 Å². The topological polar surface area (TPSA) is 98.2 Å². The summed E-state index contributed by atoms with van der Waals surface area (Å²) >= 11 is 0. The van der Waals surface area contributed by atoms with Gasteiger partial charge in [-0.1, -0.05) is 72.8 Å². The van der Waals surface area contributed by atoms with Gasteiger partial charge in [0, 0.05) is 18.9 Å². The normalized spacial score (nSPS) is 12.7. The predicted octanol–water partition coefficient (Wildman–Crippen LogP) is 2.97. The lowest BCUT2D eigenvalue weighted by Crippen LogP contribution is -2.47. The van der Waals surface area contributed by atoms with Crippen molar-refractivity contribution in [2.75, 3.05) is 0 Å². The van der Waals surface area contributed by atoms with Gasteiger partial charge in [0.05, 0.1) is 0 Å². The Morgan fingerprint density at radius 3 is 2.10 bits per heavy atom. The Labute approximate surface area is 181 Å². The van der Waals surface area contributed by atoms with Crippen LogP contribution in [0.15, 0.2) is 78.9 Å². The SMILES string of the molecule is NC(=O)[C@@H](Cc1ccc(-c2ccccc2)cc1)NC(=O)CC(N)Cc1ccccc1F. The van der Waals surface area contributed by atoms with E-state index in [0.717, 1.165) is 16.7 Å². The van der Waals surface area contributed by atoms with E-state index in [9.17, 15) is 14.0 Å². The van der Waals surface area contributed by atoms with Gasteiger partial charge in [-0.15, -0.1) is 0 Å². The monoisotopic (exact) mass is 419 g/mol. The van der Waals surface area contributed by atoms with Gasteiger partial charge in [-0.2, -0.15) is 0 Å². The lowest BCUT2D eigenvalue weighted by molar-refractivity contribution is -0.127. The average Bonchev–Trinajstić information content (AvgIpc) is 2.76. The minimum absolute atomic E-state index is 0.0366. The fraction of sp³-hybridized carbons (Fsp3) is 0.200. The molecule has 0 aliphatic carbocycles. The number of hydrogen-bond acceptors (Lipinski definition) is 3.